The molecule has 2 heterocycles. The molecule has 2 aliphatic rings. The number of piperidine rings is 1. The van der Waals surface area contributed by atoms with E-state index in [1.807, 2.05) is 44.4 Å². The van der Waals surface area contributed by atoms with Gasteiger partial charge in [-0.05, 0) is 44.6 Å². The number of anilines is 1. The van der Waals surface area contributed by atoms with E-state index in [0.29, 0.717) is 11.1 Å². The molecule has 24 heavy (non-hydrogen) atoms. The van der Waals surface area contributed by atoms with E-state index < -0.39 is 0 Å². The number of likely N-dealkylation sites (tertiary alicyclic amines) is 1. The Morgan fingerprint density at radius 2 is 1.83 bits per heavy atom. The number of hydrogen-bond donors (Lipinski definition) is 1. The zero-order chi connectivity index (χ0) is 16.8. The summed E-state index contributed by atoms with van der Waals surface area (Å²) in [6, 6.07) is 9.39. The van der Waals surface area contributed by atoms with Gasteiger partial charge in [0, 0.05) is 41.2 Å². The number of likely N-dealkylation sites (N-methyl/N-ethyl adjacent to an activating group) is 1. The molecule has 1 saturated heterocycles. The van der Waals surface area contributed by atoms with E-state index in [0.717, 1.165) is 42.4 Å². The third-order valence-electron chi connectivity index (χ3n) is 5.17. The van der Waals surface area contributed by atoms with Crippen LogP contribution in [0, 0.1) is 0 Å². The number of nitrogens with one attached hydrogen (secondary N) is 1. The van der Waals surface area contributed by atoms with Crippen LogP contribution in [0.3, 0.4) is 0 Å². The fourth-order valence-corrected chi connectivity index (χ4v) is 4.01. The first-order valence-electron chi connectivity index (χ1n) is 8.41. The monoisotopic (exact) mass is 323 g/mol. The highest BCUT2D eigenvalue weighted by Gasteiger charge is 2.38. The maximum Gasteiger partial charge on any atom is 0.261 e. The quantitative estimate of drug-likeness (QED) is 0.863. The summed E-state index contributed by atoms with van der Waals surface area (Å²) in [6.45, 7) is 1.77. The molecule has 1 fully saturated rings. The number of amides is 2. The Kier molecular flexibility index (Phi) is 3.53. The molecule has 5 nitrogen and oxygen atoms in total. The number of rotatable bonds is 2. The van der Waals surface area contributed by atoms with Gasteiger partial charge in [0.15, 0.2) is 0 Å². The first kappa shape index (κ1) is 15.1. The molecule has 0 unspecified atom stereocenters. The maximum absolute atomic E-state index is 13.1. The minimum absolute atomic E-state index is 0.0452. The second-order valence-electron chi connectivity index (χ2n) is 6.68. The molecule has 0 bridgehead atoms. The summed E-state index contributed by atoms with van der Waals surface area (Å²) in [7, 11) is 3.89. The first-order chi connectivity index (χ1) is 11.6. The van der Waals surface area contributed by atoms with E-state index in [1.54, 1.807) is 0 Å². The van der Waals surface area contributed by atoms with Crippen molar-refractivity contribution in [3.8, 4) is 0 Å². The van der Waals surface area contributed by atoms with Gasteiger partial charge in [-0.15, -0.1) is 0 Å². The van der Waals surface area contributed by atoms with Gasteiger partial charge in [-0.3, -0.25) is 14.5 Å². The number of hydrogen-bond acceptors (Lipinski definition) is 4. The highest BCUT2D eigenvalue weighted by Crippen LogP contribution is 2.35. The van der Waals surface area contributed by atoms with E-state index in [2.05, 4.69) is 10.2 Å². The van der Waals surface area contributed by atoms with Crippen molar-refractivity contribution in [1.29, 1.82) is 0 Å². The summed E-state index contributed by atoms with van der Waals surface area (Å²) in [6.07, 6.45) is 1.88. The van der Waals surface area contributed by atoms with Crippen LogP contribution < -0.4 is 5.32 Å². The van der Waals surface area contributed by atoms with E-state index in [1.165, 1.54) is 4.90 Å². The molecule has 4 rings (SSSR count). The molecule has 0 aliphatic carbocycles. The molecule has 124 valence electrons. The molecule has 0 radical (unpaired) electrons. The van der Waals surface area contributed by atoms with Crippen LogP contribution in [0.15, 0.2) is 30.3 Å². The van der Waals surface area contributed by atoms with Gasteiger partial charge in [-0.2, -0.15) is 0 Å². The largest absolute Gasteiger partial charge is 0.388 e. The Balaban J connectivity index is 1.87. The summed E-state index contributed by atoms with van der Waals surface area (Å²) in [5.74, 6) is -0.321. The molecule has 0 saturated carbocycles. The van der Waals surface area contributed by atoms with E-state index in [-0.39, 0.29) is 17.9 Å². The van der Waals surface area contributed by atoms with Gasteiger partial charge in [0.05, 0.1) is 6.04 Å². The van der Waals surface area contributed by atoms with Crippen molar-refractivity contribution in [2.24, 2.45) is 0 Å². The van der Waals surface area contributed by atoms with Crippen LogP contribution in [-0.2, 0) is 0 Å². The SMILES string of the molecule is CNc1ccc2c3c(cccc13)C(=O)N([C@@H]1CCCN(C)C1)C2=O. The van der Waals surface area contributed by atoms with Gasteiger partial charge in [0.2, 0.25) is 0 Å². The number of imide groups is 1. The summed E-state index contributed by atoms with van der Waals surface area (Å²) < 4.78 is 0. The van der Waals surface area contributed by atoms with Gasteiger partial charge in [-0.1, -0.05) is 12.1 Å². The Labute approximate surface area is 141 Å². The second-order valence-corrected chi connectivity index (χ2v) is 6.68. The molecule has 0 aromatic heterocycles. The molecular weight excluding hydrogens is 302 g/mol. The van der Waals surface area contributed by atoms with Crippen molar-refractivity contribution in [2.75, 3.05) is 32.5 Å². The molecular formula is C19H21N3O2. The van der Waals surface area contributed by atoms with Crippen molar-refractivity contribution in [1.82, 2.24) is 9.80 Å². The smallest absolute Gasteiger partial charge is 0.261 e. The van der Waals surface area contributed by atoms with Crippen LogP contribution >= 0.6 is 0 Å². The summed E-state index contributed by atoms with van der Waals surface area (Å²) >= 11 is 0. The topological polar surface area (TPSA) is 52.7 Å². The number of benzene rings is 2. The lowest BCUT2D eigenvalue weighted by Crippen LogP contribution is -2.53. The third kappa shape index (κ3) is 2.12. The minimum atomic E-state index is -0.161. The molecule has 2 amide bonds. The average Bonchev–Trinajstić information content (AvgIpc) is 2.59. The average molecular weight is 323 g/mol. The van der Waals surface area contributed by atoms with Crippen LogP contribution in [0.25, 0.3) is 10.8 Å². The lowest BCUT2D eigenvalue weighted by molar-refractivity contribution is 0.0458. The van der Waals surface area contributed by atoms with Crippen molar-refractivity contribution in [3.05, 3.63) is 41.5 Å². The van der Waals surface area contributed by atoms with Crippen LogP contribution in [0.1, 0.15) is 33.6 Å². The summed E-state index contributed by atoms with van der Waals surface area (Å²) in [5.41, 5.74) is 2.20. The van der Waals surface area contributed by atoms with Gasteiger partial charge >= 0.3 is 0 Å². The summed E-state index contributed by atoms with van der Waals surface area (Å²) in [5, 5.41) is 4.84. The van der Waals surface area contributed by atoms with E-state index in [4.69, 9.17) is 0 Å². The predicted octanol–water partition coefficient (Wildman–Crippen LogP) is 2.57. The number of carbonyl (C=O) groups excluding carboxylic acids is 2. The fourth-order valence-electron chi connectivity index (χ4n) is 4.01. The Hall–Kier alpha value is -2.40. The molecule has 1 N–H and O–H groups in total. The van der Waals surface area contributed by atoms with Crippen LogP contribution in [0.4, 0.5) is 5.69 Å². The summed E-state index contributed by atoms with van der Waals surface area (Å²) in [4.78, 5) is 29.9. The fraction of sp³-hybridized carbons (Fsp3) is 0.368. The second kappa shape index (κ2) is 5.60. The van der Waals surface area contributed by atoms with Crippen molar-refractivity contribution in [3.63, 3.8) is 0 Å². The van der Waals surface area contributed by atoms with E-state index in [9.17, 15) is 9.59 Å². The Bertz CT molecular complexity index is 824. The van der Waals surface area contributed by atoms with E-state index >= 15 is 0 Å². The van der Waals surface area contributed by atoms with Crippen molar-refractivity contribution in [2.45, 2.75) is 18.9 Å². The lowest BCUT2D eigenvalue weighted by Gasteiger charge is -2.38. The normalized spacial score (nSPS) is 21.4. The van der Waals surface area contributed by atoms with Gasteiger partial charge < -0.3 is 10.2 Å². The zero-order valence-electron chi connectivity index (χ0n) is 14.0. The zero-order valence-corrected chi connectivity index (χ0v) is 14.0. The highest BCUT2D eigenvalue weighted by molar-refractivity contribution is 6.26. The highest BCUT2D eigenvalue weighted by atomic mass is 16.2. The molecule has 0 spiro atoms. The van der Waals surface area contributed by atoms with Gasteiger partial charge in [0.25, 0.3) is 11.8 Å². The van der Waals surface area contributed by atoms with Gasteiger partial charge in [-0.25, -0.2) is 0 Å². The molecule has 5 heteroatoms. The Morgan fingerprint density at radius 3 is 2.54 bits per heavy atom. The molecule has 2 aliphatic heterocycles. The van der Waals surface area contributed by atoms with Crippen LogP contribution in [0.5, 0.6) is 0 Å². The molecule has 2 aromatic carbocycles. The van der Waals surface area contributed by atoms with Gasteiger partial charge in [0.1, 0.15) is 0 Å². The number of nitrogens with zero attached hydrogens (tertiary/aromatic N) is 2. The van der Waals surface area contributed by atoms with Crippen molar-refractivity contribution >= 4 is 28.3 Å². The molecule has 1 atom stereocenters. The molecule has 2 aromatic rings. The predicted molar refractivity (Wildman–Crippen MR) is 94.5 cm³/mol. The standard InChI is InChI=1S/C19H21N3O2/c1-20-16-9-8-15-17-13(16)6-3-7-14(17)18(23)22(19(15)24)12-5-4-10-21(2)11-12/h3,6-9,12,20H,4-5,10-11H2,1-2H3/t12-/m1/s1. The third-order valence-corrected chi connectivity index (χ3v) is 5.17. The maximum atomic E-state index is 13.1. The van der Waals surface area contributed by atoms with Crippen molar-refractivity contribution < 1.29 is 9.59 Å². The lowest BCUT2D eigenvalue weighted by atomic mass is 9.91. The Morgan fingerprint density at radius 1 is 1.08 bits per heavy atom. The minimum Gasteiger partial charge on any atom is -0.388 e. The van der Waals surface area contributed by atoms with Crippen LogP contribution in [-0.4, -0.2) is 54.8 Å². The van der Waals surface area contributed by atoms with Crippen LogP contribution in [0.2, 0.25) is 0 Å². The number of carbonyl (C=O) groups is 2. The first-order valence-corrected chi connectivity index (χ1v) is 8.41.